The SMILES string of the molecule is FC(F)CN1CCc2ncsc2C1. The first-order chi connectivity index (χ1) is 6.25. The number of thiazole rings is 1. The van der Waals surface area contributed by atoms with Gasteiger partial charge in [-0.3, -0.25) is 4.90 Å². The quantitative estimate of drug-likeness (QED) is 0.729. The van der Waals surface area contributed by atoms with Gasteiger partial charge in [0.15, 0.2) is 0 Å². The average Bonchev–Trinajstić information content (AvgIpc) is 2.49. The second kappa shape index (κ2) is 3.67. The van der Waals surface area contributed by atoms with Gasteiger partial charge in [-0.15, -0.1) is 11.3 Å². The smallest absolute Gasteiger partial charge is 0.251 e. The lowest BCUT2D eigenvalue weighted by Crippen LogP contribution is -2.33. The van der Waals surface area contributed by atoms with Crippen molar-refractivity contribution in [3.8, 4) is 0 Å². The number of aromatic nitrogens is 1. The van der Waals surface area contributed by atoms with E-state index in [4.69, 9.17) is 0 Å². The molecule has 1 aromatic rings. The highest BCUT2D eigenvalue weighted by Crippen LogP contribution is 2.21. The summed E-state index contributed by atoms with van der Waals surface area (Å²) in [5.74, 6) is 0. The minimum Gasteiger partial charge on any atom is -0.292 e. The van der Waals surface area contributed by atoms with Gasteiger partial charge >= 0.3 is 0 Å². The van der Waals surface area contributed by atoms with Crippen LogP contribution in [0.4, 0.5) is 8.78 Å². The molecular formula is C8H10F2N2S. The molecule has 0 fully saturated rings. The molecule has 13 heavy (non-hydrogen) atoms. The van der Waals surface area contributed by atoms with E-state index in [1.165, 1.54) is 0 Å². The Kier molecular flexibility index (Phi) is 2.55. The van der Waals surface area contributed by atoms with Gasteiger partial charge < -0.3 is 0 Å². The molecule has 0 amide bonds. The number of rotatable bonds is 2. The highest BCUT2D eigenvalue weighted by Gasteiger charge is 2.20. The summed E-state index contributed by atoms with van der Waals surface area (Å²) in [6.45, 7) is 1.24. The maximum absolute atomic E-state index is 12.1. The zero-order valence-corrected chi connectivity index (χ0v) is 7.86. The van der Waals surface area contributed by atoms with Gasteiger partial charge in [0.05, 0.1) is 17.7 Å². The zero-order chi connectivity index (χ0) is 9.26. The van der Waals surface area contributed by atoms with Crippen molar-refractivity contribution in [1.82, 2.24) is 9.88 Å². The second-order valence-electron chi connectivity index (χ2n) is 3.10. The van der Waals surface area contributed by atoms with Crippen LogP contribution in [-0.2, 0) is 13.0 Å². The lowest BCUT2D eigenvalue weighted by atomic mass is 10.2. The normalized spacial score (nSPS) is 17.8. The number of fused-ring (bicyclic) bond motifs is 1. The van der Waals surface area contributed by atoms with Gasteiger partial charge in [-0.2, -0.15) is 0 Å². The molecule has 1 aromatic heterocycles. The summed E-state index contributed by atoms with van der Waals surface area (Å²) < 4.78 is 24.1. The van der Waals surface area contributed by atoms with E-state index in [9.17, 15) is 8.78 Å². The summed E-state index contributed by atoms with van der Waals surface area (Å²) in [7, 11) is 0. The Morgan fingerprint density at radius 1 is 1.62 bits per heavy atom. The van der Waals surface area contributed by atoms with Crippen molar-refractivity contribution in [3.05, 3.63) is 16.1 Å². The molecule has 1 aliphatic rings. The molecular weight excluding hydrogens is 194 g/mol. The van der Waals surface area contributed by atoms with Crippen LogP contribution in [0.15, 0.2) is 5.51 Å². The van der Waals surface area contributed by atoms with Crippen molar-refractivity contribution in [2.24, 2.45) is 0 Å². The maximum Gasteiger partial charge on any atom is 0.251 e. The molecule has 2 heterocycles. The molecule has 72 valence electrons. The summed E-state index contributed by atoms with van der Waals surface area (Å²) in [6, 6.07) is 0. The van der Waals surface area contributed by atoms with Crippen molar-refractivity contribution < 1.29 is 8.78 Å². The number of alkyl halides is 2. The molecule has 0 N–H and O–H groups in total. The van der Waals surface area contributed by atoms with Crippen LogP contribution in [0.2, 0.25) is 0 Å². The second-order valence-corrected chi connectivity index (χ2v) is 4.04. The molecule has 0 radical (unpaired) electrons. The first-order valence-electron chi connectivity index (χ1n) is 4.17. The van der Waals surface area contributed by atoms with E-state index in [1.54, 1.807) is 21.7 Å². The Bertz CT molecular complexity index is 287. The monoisotopic (exact) mass is 204 g/mol. The van der Waals surface area contributed by atoms with E-state index in [2.05, 4.69) is 4.98 Å². The molecule has 0 saturated heterocycles. The number of hydrogen-bond donors (Lipinski definition) is 0. The fraction of sp³-hybridized carbons (Fsp3) is 0.625. The standard InChI is InChI=1S/C8H10F2N2S/c9-8(10)4-12-2-1-6-7(3-12)13-5-11-6/h5,8H,1-4H2. The zero-order valence-electron chi connectivity index (χ0n) is 7.04. The van der Waals surface area contributed by atoms with E-state index in [0.29, 0.717) is 13.1 Å². The van der Waals surface area contributed by atoms with Gasteiger partial charge in [-0.1, -0.05) is 0 Å². The van der Waals surface area contributed by atoms with Gasteiger partial charge in [0.2, 0.25) is 0 Å². The molecule has 0 saturated carbocycles. The molecule has 0 bridgehead atoms. The number of halogens is 2. The van der Waals surface area contributed by atoms with Crippen LogP contribution in [-0.4, -0.2) is 29.4 Å². The third kappa shape index (κ3) is 2.03. The Morgan fingerprint density at radius 2 is 2.46 bits per heavy atom. The van der Waals surface area contributed by atoms with Crippen LogP contribution in [0, 0.1) is 0 Å². The van der Waals surface area contributed by atoms with Crippen molar-refractivity contribution in [3.63, 3.8) is 0 Å². The van der Waals surface area contributed by atoms with Gasteiger partial charge in [0, 0.05) is 24.4 Å². The molecule has 0 aliphatic carbocycles. The largest absolute Gasteiger partial charge is 0.292 e. The first-order valence-corrected chi connectivity index (χ1v) is 5.05. The number of hydrogen-bond acceptors (Lipinski definition) is 3. The van der Waals surface area contributed by atoms with Crippen LogP contribution < -0.4 is 0 Å². The third-order valence-electron chi connectivity index (χ3n) is 2.15. The van der Waals surface area contributed by atoms with Gasteiger partial charge in [0.1, 0.15) is 0 Å². The molecule has 0 aromatic carbocycles. The van der Waals surface area contributed by atoms with Gasteiger partial charge in [0.25, 0.3) is 6.43 Å². The Morgan fingerprint density at radius 3 is 3.23 bits per heavy atom. The van der Waals surface area contributed by atoms with Crippen LogP contribution in [0.5, 0.6) is 0 Å². The highest BCUT2D eigenvalue weighted by atomic mass is 32.1. The summed E-state index contributed by atoms with van der Waals surface area (Å²) in [6.07, 6.45) is -1.42. The predicted octanol–water partition coefficient (Wildman–Crippen LogP) is 1.77. The molecule has 0 spiro atoms. The molecule has 0 unspecified atom stereocenters. The topological polar surface area (TPSA) is 16.1 Å². The summed E-state index contributed by atoms with van der Waals surface area (Å²) in [5, 5.41) is 0. The molecule has 5 heteroatoms. The predicted molar refractivity (Wildman–Crippen MR) is 47.1 cm³/mol. The van der Waals surface area contributed by atoms with Crippen molar-refractivity contribution >= 4 is 11.3 Å². The minimum absolute atomic E-state index is 0.114. The van der Waals surface area contributed by atoms with E-state index >= 15 is 0 Å². The van der Waals surface area contributed by atoms with Gasteiger partial charge in [-0.05, 0) is 0 Å². The fourth-order valence-corrected chi connectivity index (χ4v) is 2.38. The van der Waals surface area contributed by atoms with Crippen LogP contribution in [0.25, 0.3) is 0 Å². The van der Waals surface area contributed by atoms with Crippen LogP contribution in [0.1, 0.15) is 10.6 Å². The maximum atomic E-state index is 12.1. The molecule has 1 aliphatic heterocycles. The summed E-state index contributed by atoms with van der Waals surface area (Å²) in [4.78, 5) is 7.10. The van der Waals surface area contributed by atoms with E-state index in [1.807, 2.05) is 0 Å². The van der Waals surface area contributed by atoms with Crippen molar-refractivity contribution in [1.29, 1.82) is 0 Å². The molecule has 2 rings (SSSR count). The van der Waals surface area contributed by atoms with E-state index < -0.39 is 6.43 Å². The number of nitrogens with zero attached hydrogens (tertiary/aromatic N) is 2. The summed E-state index contributed by atoms with van der Waals surface area (Å²) >= 11 is 1.56. The van der Waals surface area contributed by atoms with Crippen molar-refractivity contribution in [2.75, 3.05) is 13.1 Å². The van der Waals surface area contributed by atoms with Crippen molar-refractivity contribution in [2.45, 2.75) is 19.4 Å². The van der Waals surface area contributed by atoms with E-state index in [0.717, 1.165) is 17.0 Å². The fourth-order valence-electron chi connectivity index (χ4n) is 1.52. The Labute approximate surface area is 79.2 Å². The van der Waals surface area contributed by atoms with E-state index in [-0.39, 0.29) is 6.54 Å². The average molecular weight is 204 g/mol. The van der Waals surface area contributed by atoms with Crippen LogP contribution in [0.3, 0.4) is 0 Å². The lowest BCUT2D eigenvalue weighted by molar-refractivity contribution is 0.0824. The van der Waals surface area contributed by atoms with Crippen LogP contribution >= 0.6 is 11.3 Å². The lowest BCUT2D eigenvalue weighted by Gasteiger charge is -2.25. The van der Waals surface area contributed by atoms with Gasteiger partial charge in [-0.25, -0.2) is 13.8 Å². The Hall–Kier alpha value is -0.550. The summed E-state index contributed by atoms with van der Waals surface area (Å²) in [5.41, 5.74) is 2.88. The Balaban J connectivity index is 2.00. The minimum atomic E-state index is -2.23. The highest BCUT2D eigenvalue weighted by molar-refractivity contribution is 7.09. The molecule has 2 nitrogen and oxygen atoms in total. The molecule has 0 atom stereocenters. The first kappa shape index (κ1) is 9.02. The third-order valence-corrected chi connectivity index (χ3v) is 3.01.